The van der Waals surface area contributed by atoms with Gasteiger partial charge in [-0.15, -0.1) is 21.5 Å². The second-order valence-corrected chi connectivity index (χ2v) is 9.80. The van der Waals surface area contributed by atoms with Crippen LogP contribution in [0.1, 0.15) is 91.5 Å². The predicted molar refractivity (Wildman–Crippen MR) is 131 cm³/mol. The van der Waals surface area contributed by atoms with E-state index in [0.717, 1.165) is 23.8 Å². The Bertz CT molecular complexity index is 1040. The summed E-state index contributed by atoms with van der Waals surface area (Å²) in [5.41, 5.74) is 4.76. The quantitative estimate of drug-likeness (QED) is 0.323. The molecular formula is C26H34N4S. The molecule has 1 aromatic carbocycles. The van der Waals surface area contributed by atoms with Gasteiger partial charge in [0.2, 0.25) is 0 Å². The first-order chi connectivity index (χ1) is 15.2. The summed E-state index contributed by atoms with van der Waals surface area (Å²) >= 11 is 1.89. The highest BCUT2D eigenvalue weighted by atomic mass is 32.1. The molecule has 0 bridgehead atoms. The minimum absolute atomic E-state index is 0.568. The molecule has 0 aliphatic carbocycles. The fourth-order valence-corrected chi connectivity index (χ4v) is 5.64. The molecule has 0 atom stereocenters. The number of nitrogens with zero attached hydrogens (tertiary/aromatic N) is 4. The van der Waals surface area contributed by atoms with Gasteiger partial charge in [0.05, 0.1) is 5.71 Å². The topological polar surface area (TPSA) is 43.1 Å². The number of unbranched alkanes of at least 4 members (excludes halogenated alkanes) is 7. The first-order valence-electron chi connectivity index (χ1n) is 11.8. The van der Waals surface area contributed by atoms with Crippen molar-refractivity contribution < 1.29 is 0 Å². The Balaban J connectivity index is 1.52. The number of aryl methyl sites for hydroxylation is 3. The van der Waals surface area contributed by atoms with Crippen LogP contribution in [0.2, 0.25) is 0 Å². The summed E-state index contributed by atoms with van der Waals surface area (Å²) in [4.78, 5) is 6.43. The van der Waals surface area contributed by atoms with E-state index < -0.39 is 0 Å². The van der Waals surface area contributed by atoms with Crippen LogP contribution in [0.25, 0.3) is 5.00 Å². The zero-order valence-corrected chi connectivity index (χ0v) is 20.0. The van der Waals surface area contributed by atoms with E-state index in [1.54, 1.807) is 0 Å². The van der Waals surface area contributed by atoms with Crippen LogP contribution in [-0.4, -0.2) is 20.5 Å². The largest absolute Gasteiger partial charge is 0.276 e. The number of hydrogen-bond donors (Lipinski definition) is 0. The Morgan fingerprint density at radius 3 is 2.48 bits per heavy atom. The second kappa shape index (κ2) is 10.4. The van der Waals surface area contributed by atoms with Crippen molar-refractivity contribution >= 4 is 17.0 Å². The molecule has 1 aliphatic rings. The zero-order chi connectivity index (χ0) is 21.6. The SMILES string of the molecule is CCCCCCCCCCc1cc2c(s1)-n1c(C)nnc1CN=C2c1cccc(C)c1. The van der Waals surface area contributed by atoms with Crippen LogP contribution >= 0.6 is 11.3 Å². The summed E-state index contributed by atoms with van der Waals surface area (Å²) in [5, 5.41) is 9.95. The molecule has 4 rings (SSSR count). The van der Waals surface area contributed by atoms with Crippen molar-refractivity contribution in [2.75, 3.05) is 0 Å². The zero-order valence-electron chi connectivity index (χ0n) is 19.2. The van der Waals surface area contributed by atoms with Crippen LogP contribution in [-0.2, 0) is 13.0 Å². The third-order valence-electron chi connectivity index (χ3n) is 6.06. The van der Waals surface area contributed by atoms with Crippen LogP contribution < -0.4 is 0 Å². The minimum atomic E-state index is 0.568. The molecule has 2 aromatic heterocycles. The van der Waals surface area contributed by atoms with Crippen molar-refractivity contribution in [1.82, 2.24) is 14.8 Å². The van der Waals surface area contributed by atoms with Crippen LogP contribution in [0.15, 0.2) is 35.3 Å². The normalized spacial score (nSPS) is 12.9. The van der Waals surface area contributed by atoms with Gasteiger partial charge in [-0.25, -0.2) is 0 Å². The Kier molecular flexibility index (Phi) is 7.33. The first kappa shape index (κ1) is 21.9. The number of aliphatic imine (C=N–C) groups is 1. The molecule has 0 radical (unpaired) electrons. The van der Waals surface area contributed by atoms with Gasteiger partial charge in [-0.2, -0.15) is 0 Å². The van der Waals surface area contributed by atoms with Gasteiger partial charge in [-0.1, -0.05) is 75.6 Å². The molecule has 164 valence electrons. The summed E-state index contributed by atoms with van der Waals surface area (Å²) in [5.74, 6) is 1.87. The van der Waals surface area contributed by atoms with E-state index in [1.165, 1.54) is 77.9 Å². The Labute approximate surface area is 190 Å². The van der Waals surface area contributed by atoms with Crippen LogP contribution in [0.3, 0.4) is 0 Å². The number of rotatable bonds is 10. The van der Waals surface area contributed by atoms with E-state index in [4.69, 9.17) is 4.99 Å². The van der Waals surface area contributed by atoms with Crippen molar-refractivity contribution in [3.05, 3.63) is 63.5 Å². The molecule has 0 N–H and O–H groups in total. The lowest BCUT2D eigenvalue weighted by Crippen LogP contribution is -2.05. The molecule has 3 heterocycles. The van der Waals surface area contributed by atoms with Crippen LogP contribution in [0, 0.1) is 13.8 Å². The monoisotopic (exact) mass is 434 g/mol. The van der Waals surface area contributed by atoms with Crippen molar-refractivity contribution in [1.29, 1.82) is 0 Å². The highest BCUT2D eigenvalue weighted by molar-refractivity contribution is 7.15. The van der Waals surface area contributed by atoms with Crippen molar-refractivity contribution in [3.63, 3.8) is 0 Å². The molecule has 31 heavy (non-hydrogen) atoms. The smallest absolute Gasteiger partial charge is 0.160 e. The van der Waals surface area contributed by atoms with Gasteiger partial charge in [0.15, 0.2) is 5.82 Å². The van der Waals surface area contributed by atoms with Crippen LogP contribution in [0.5, 0.6) is 0 Å². The molecule has 5 heteroatoms. The fourth-order valence-electron chi connectivity index (χ4n) is 4.37. The van der Waals surface area contributed by atoms with Gasteiger partial charge in [-0.3, -0.25) is 9.56 Å². The second-order valence-electron chi connectivity index (χ2n) is 8.69. The summed E-state index contributed by atoms with van der Waals surface area (Å²) in [6.45, 7) is 7.03. The maximum atomic E-state index is 4.99. The maximum Gasteiger partial charge on any atom is 0.160 e. The highest BCUT2D eigenvalue weighted by Crippen LogP contribution is 2.34. The van der Waals surface area contributed by atoms with Gasteiger partial charge >= 0.3 is 0 Å². The molecule has 0 amide bonds. The lowest BCUT2D eigenvalue weighted by molar-refractivity contribution is 0.576. The molecule has 0 saturated heterocycles. The Morgan fingerprint density at radius 1 is 0.935 bits per heavy atom. The summed E-state index contributed by atoms with van der Waals surface area (Å²) in [6, 6.07) is 11.0. The van der Waals surface area contributed by atoms with E-state index in [1.807, 2.05) is 18.3 Å². The van der Waals surface area contributed by atoms with E-state index in [9.17, 15) is 0 Å². The van der Waals surface area contributed by atoms with Crippen molar-refractivity contribution in [3.8, 4) is 5.00 Å². The number of thiophene rings is 1. The molecular weight excluding hydrogens is 400 g/mol. The Morgan fingerprint density at radius 2 is 1.71 bits per heavy atom. The highest BCUT2D eigenvalue weighted by Gasteiger charge is 2.24. The molecule has 0 unspecified atom stereocenters. The molecule has 0 spiro atoms. The Hall–Kier alpha value is -2.27. The van der Waals surface area contributed by atoms with Crippen molar-refractivity contribution in [2.24, 2.45) is 4.99 Å². The van der Waals surface area contributed by atoms with E-state index >= 15 is 0 Å². The van der Waals surface area contributed by atoms with Gasteiger partial charge in [0, 0.05) is 16.0 Å². The van der Waals surface area contributed by atoms with E-state index in [-0.39, 0.29) is 0 Å². The van der Waals surface area contributed by atoms with E-state index in [2.05, 4.69) is 58.9 Å². The van der Waals surface area contributed by atoms with E-state index in [0.29, 0.717) is 6.54 Å². The van der Waals surface area contributed by atoms with Gasteiger partial charge in [0.1, 0.15) is 17.4 Å². The van der Waals surface area contributed by atoms with Gasteiger partial charge in [-0.05, 0) is 38.8 Å². The minimum Gasteiger partial charge on any atom is -0.276 e. The number of benzene rings is 1. The molecule has 0 fully saturated rings. The summed E-state index contributed by atoms with van der Waals surface area (Å²) in [7, 11) is 0. The molecule has 1 aliphatic heterocycles. The lowest BCUT2D eigenvalue weighted by atomic mass is 10.0. The van der Waals surface area contributed by atoms with Crippen molar-refractivity contribution in [2.45, 2.75) is 85.1 Å². The third kappa shape index (κ3) is 5.15. The van der Waals surface area contributed by atoms with Gasteiger partial charge in [0.25, 0.3) is 0 Å². The third-order valence-corrected chi connectivity index (χ3v) is 7.24. The average molecular weight is 435 g/mol. The summed E-state index contributed by atoms with van der Waals surface area (Å²) in [6.07, 6.45) is 12.0. The molecule has 4 nitrogen and oxygen atoms in total. The first-order valence-corrected chi connectivity index (χ1v) is 12.6. The number of aromatic nitrogens is 3. The standard InChI is InChI=1S/C26H34N4S/c1-4-5-6-7-8-9-10-11-15-22-17-23-25(21-14-12-13-19(2)16-21)27-18-24-29-28-20(3)30(24)26(23)31-22/h12-14,16-17H,4-11,15,18H2,1-3H3. The average Bonchev–Trinajstić information content (AvgIpc) is 3.29. The predicted octanol–water partition coefficient (Wildman–Crippen LogP) is 6.98. The molecule has 0 saturated carbocycles. The molecule has 3 aromatic rings. The summed E-state index contributed by atoms with van der Waals surface area (Å²) < 4.78 is 2.21. The van der Waals surface area contributed by atoms with Crippen LogP contribution in [0.4, 0.5) is 0 Å². The number of fused-ring (bicyclic) bond motifs is 3. The maximum absolute atomic E-state index is 4.99. The lowest BCUT2D eigenvalue weighted by Gasteiger charge is -2.08. The fraction of sp³-hybridized carbons (Fsp3) is 0.500. The van der Waals surface area contributed by atoms with Gasteiger partial charge < -0.3 is 0 Å². The number of hydrogen-bond acceptors (Lipinski definition) is 4.